The molecule has 0 aliphatic rings. The van der Waals surface area contributed by atoms with Crippen molar-refractivity contribution in [2.75, 3.05) is 0 Å². The number of carboxylic acids is 1. The Balaban J connectivity index is 0.000000357. The molecule has 32 heavy (non-hydrogen) atoms. The molecule has 0 saturated heterocycles. The first kappa shape index (κ1) is 27.9. The molecule has 1 N–H and O–H groups in total. The fourth-order valence-corrected chi connectivity index (χ4v) is 3.79. The van der Waals surface area contributed by atoms with E-state index >= 15 is 0 Å². The number of benzene rings is 1. The van der Waals surface area contributed by atoms with Gasteiger partial charge in [-0.05, 0) is 18.6 Å². The minimum Gasteiger partial charge on any atom is -0.481 e. The second-order valence-corrected chi connectivity index (χ2v) is 8.67. The summed E-state index contributed by atoms with van der Waals surface area (Å²) in [5.41, 5.74) is 2.19. The standard InChI is InChI=1S/C18H36O2.C11H9N/c1-2-3-4-5-6-7-8-9-10-11-12-13-14-15-16-17-18(19)20;1-2-6-10(7-3-1)11-8-4-5-9-12-11/h2-17H2,1H3,(H,19,20);1-9H. The number of hydrogen-bond donors (Lipinski definition) is 1. The van der Waals surface area contributed by atoms with E-state index in [0.717, 1.165) is 24.1 Å². The molecule has 0 spiro atoms. The molecule has 0 aliphatic heterocycles. The predicted molar refractivity (Wildman–Crippen MR) is 137 cm³/mol. The molecule has 0 aliphatic carbocycles. The summed E-state index contributed by atoms with van der Waals surface area (Å²) >= 11 is 0. The van der Waals surface area contributed by atoms with Crippen molar-refractivity contribution in [1.82, 2.24) is 4.98 Å². The Morgan fingerprint density at radius 1 is 0.656 bits per heavy atom. The first-order valence-corrected chi connectivity index (χ1v) is 12.9. The summed E-state index contributed by atoms with van der Waals surface area (Å²) < 4.78 is 0. The van der Waals surface area contributed by atoms with Crippen LogP contribution in [0.4, 0.5) is 0 Å². The maximum absolute atomic E-state index is 10.3. The van der Waals surface area contributed by atoms with Crippen LogP contribution >= 0.6 is 0 Å². The van der Waals surface area contributed by atoms with Crippen LogP contribution in [0.15, 0.2) is 54.7 Å². The van der Waals surface area contributed by atoms with Crippen molar-refractivity contribution in [2.45, 2.75) is 110 Å². The van der Waals surface area contributed by atoms with Crippen LogP contribution in [0, 0.1) is 0 Å². The van der Waals surface area contributed by atoms with Crippen molar-refractivity contribution in [2.24, 2.45) is 0 Å². The number of unbranched alkanes of at least 4 members (excludes halogenated alkanes) is 14. The van der Waals surface area contributed by atoms with Gasteiger partial charge in [-0.15, -0.1) is 0 Å². The summed E-state index contributed by atoms with van der Waals surface area (Å²) in [4.78, 5) is 14.6. The summed E-state index contributed by atoms with van der Waals surface area (Å²) in [5, 5.41) is 8.52. The van der Waals surface area contributed by atoms with Gasteiger partial charge in [0.15, 0.2) is 0 Å². The number of hydrogen-bond acceptors (Lipinski definition) is 2. The number of carbonyl (C=O) groups is 1. The summed E-state index contributed by atoms with van der Waals surface area (Å²) in [6.07, 6.45) is 22.0. The van der Waals surface area contributed by atoms with E-state index in [-0.39, 0.29) is 0 Å². The molecule has 2 rings (SSSR count). The van der Waals surface area contributed by atoms with E-state index < -0.39 is 5.97 Å². The largest absolute Gasteiger partial charge is 0.481 e. The third-order valence-corrected chi connectivity index (χ3v) is 5.73. The average molecular weight is 440 g/mol. The quantitative estimate of drug-likeness (QED) is 0.250. The van der Waals surface area contributed by atoms with E-state index in [1.165, 1.54) is 83.5 Å². The summed E-state index contributed by atoms with van der Waals surface area (Å²) in [6.45, 7) is 2.27. The number of pyridine rings is 1. The molecule has 0 amide bonds. The number of rotatable bonds is 17. The molecular weight excluding hydrogens is 394 g/mol. The Hall–Kier alpha value is -2.16. The zero-order valence-electron chi connectivity index (χ0n) is 20.3. The molecule has 178 valence electrons. The number of nitrogens with zero attached hydrogens (tertiary/aromatic N) is 1. The molecule has 1 aromatic heterocycles. The lowest BCUT2D eigenvalue weighted by atomic mass is 10.0. The Labute approximate surface area is 196 Å². The average Bonchev–Trinajstić information content (AvgIpc) is 2.83. The van der Waals surface area contributed by atoms with Gasteiger partial charge in [0, 0.05) is 18.2 Å². The third-order valence-electron chi connectivity index (χ3n) is 5.73. The smallest absolute Gasteiger partial charge is 0.303 e. The van der Waals surface area contributed by atoms with Crippen molar-refractivity contribution in [3.8, 4) is 11.3 Å². The van der Waals surface area contributed by atoms with Gasteiger partial charge >= 0.3 is 5.97 Å². The summed E-state index contributed by atoms with van der Waals surface area (Å²) in [7, 11) is 0. The highest BCUT2D eigenvalue weighted by Gasteiger charge is 1.97. The lowest BCUT2D eigenvalue weighted by molar-refractivity contribution is -0.137. The van der Waals surface area contributed by atoms with Gasteiger partial charge in [-0.3, -0.25) is 9.78 Å². The zero-order chi connectivity index (χ0) is 23.1. The van der Waals surface area contributed by atoms with Gasteiger partial charge in [-0.1, -0.05) is 133 Å². The molecule has 0 radical (unpaired) electrons. The second-order valence-electron chi connectivity index (χ2n) is 8.67. The SMILES string of the molecule is CCCCCCCCCCCCCCCCCC(=O)O.c1ccc(-c2ccccn2)cc1. The molecule has 0 atom stereocenters. The molecule has 0 unspecified atom stereocenters. The molecule has 1 aromatic carbocycles. The molecule has 2 aromatic rings. The fourth-order valence-electron chi connectivity index (χ4n) is 3.79. The van der Waals surface area contributed by atoms with Crippen molar-refractivity contribution in [3.63, 3.8) is 0 Å². The van der Waals surface area contributed by atoms with Gasteiger partial charge in [0.25, 0.3) is 0 Å². The molecule has 0 fully saturated rings. The number of aromatic nitrogens is 1. The van der Waals surface area contributed by atoms with Gasteiger partial charge in [0.2, 0.25) is 0 Å². The maximum Gasteiger partial charge on any atom is 0.303 e. The van der Waals surface area contributed by atoms with E-state index in [4.69, 9.17) is 5.11 Å². The Kier molecular flexibility index (Phi) is 18.1. The van der Waals surface area contributed by atoms with Crippen LogP contribution in [-0.2, 0) is 4.79 Å². The highest BCUT2D eigenvalue weighted by molar-refractivity contribution is 5.66. The van der Waals surface area contributed by atoms with Crippen LogP contribution in [0.3, 0.4) is 0 Å². The maximum atomic E-state index is 10.3. The first-order chi connectivity index (χ1) is 15.7. The molecular formula is C29H45NO2. The first-order valence-electron chi connectivity index (χ1n) is 12.9. The van der Waals surface area contributed by atoms with Crippen molar-refractivity contribution in [1.29, 1.82) is 0 Å². The predicted octanol–water partition coefficient (Wildman–Crippen LogP) is 9.08. The Morgan fingerprint density at radius 3 is 1.56 bits per heavy atom. The van der Waals surface area contributed by atoms with Crippen molar-refractivity contribution in [3.05, 3.63) is 54.7 Å². The van der Waals surface area contributed by atoms with E-state index in [2.05, 4.69) is 24.0 Å². The van der Waals surface area contributed by atoms with Gasteiger partial charge in [-0.2, -0.15) is 0 Å². The van der Waals surface area contributed by atoms with Crippen LogP contribution < -0.4 is 0 Å². The van der Waals surface area contributed by atoms with Crippen LogP contribution in [0.2, 0.25) is 0 Å². The second kappa shape index (κ2) is 20.7. The topological polar surface area (TPSA) is 50.2 Å². The normalized spacial score (nSPS) is 10.4. The molecule has 1 heterocycles. The minimum absolute atomic E-state index is 0.345. The molecule has 0 saturated carbocycles. The third kappa shape index (κ3) is 16.5. The Bertz CT molecular complexity index is 620. The summed E-state index contributed by atoms with van der Waals surface area (Å²) in [6, 6.07) is 16.1. The van der Waals surface area contributed by atoms with Crippen molar-refractivity contribution >= 4 is 5.97 Å². The van der Waals surface area contributed by atoms with Gasteiger partial charge in [0.1, 0.15) is 0 Å². The number of aliphatic carboxylic acids is 1. The fraction of sp³-hybridized carbons (Fsp3) is 0.586. The lowest BCUT2D eigenvalue weighted by Crippen LogP contribution is -1.93. The number of carboxylic acid groups (broad SMARTS) is 1. The van der Waals surface area contributed by atoms with E-state index in [0.29, 0.717) is 6.42 Å². The lowest BCUT2D eigenvalue weighted by Gasteiger charge is -2.03. The van der Waals surface area contributed by atoms with E-state index in [9.17, 15) is 4.79 Å². The molecule has 3 nitrogen and oxygen atoms in total. The molecule has 3 heteroatoms. The van der Waals surface area contributed by atoms with Gasteiger partial charge < -0.3 is 5.11 Å². The zero-order valence-corrected chi connectivity index (χ0v) is 20.3. The Morgan fingerprint density at radius 2 is 1.12 bits per heavy atom. The van der Waals surface area contributed by atoms with Gasteiger partial charge in [0.05, 0.1) is 5.69 Å². The monoisotopic (exact) mass is 439 g/mol. The summed E-state index contributed by atoms with van der Waals surface area (Å²) in [5.74, 6) is -0.653. The molecule has 0 bridgehead atoms. The van der Waals surface area contributed by atoms with Gasteiger partial charge in [-0.25, -0.2) is 0 Å². The van der Waals surface area contributed by atoms with Crippen molar-refractivity contribution < 1.29 is 9.90 Å². The van der Waals surface area contributed by atoms with Crippen LogP contribution in [0.5, 0.6) is 0 Å². The van der Waals surface area contributed by atoms with Crippen LogP contribution in [-0.4, -0.2) is 16.1 Å². The highest BCUT2D eigenvalue weighted by atomic mass is 16.4. The highest BCUT2D eigenvalue weighted by Crippen LogP contribution is 2.15. The van der Waals surface area contributed by atoms with E-state index in [1.54, 1.807) is 0 Å². The van der Waals surface area contributed by atoms with Crippen LogP contribution in [0.25, 0.3) is 11.3 Å². The van der Waals surface area contributed by atoms with Crippen LogP contribution in [0.1, 0.15) is 110 Å². The minimum atomic E-state index is -0.653. The van der Waals surface area contributed by atoms with E-state index in [1.807, 2.05) is 42.6 Å².